The normalized spacial score (nSPS) is 17.6. The summed E-state index contributed by atoms with van der Waals surface area (Å²) in [4.78, 5) is 11.8. The van der Waals surface area contributed by atoms with Gasteiger partial charge in [0.15, 0.2) is 0 Å². The van der Waals surface area contributed by atoms with Crippen molar-refractivity contribution in [2.75, 3.05) is 18.9 Å². The van der Waals surface area contributed by atoms with Gasteiger partial charge in [-0.25, -0.2) is 5.09 Å². The van der Waals surface area contributed by atoms with Crippen LogP contribution in [-0.2, 0) is 18.6 Å². The van der Waals surface area contributed by atoms with Gasteiger partial charge in [0, 0.05) is 18.3 Å². The van der Waals surface area contributed by atoms with Crippen molar-refractivity contribution in [3.63, 3.8) is 0 Å². The molecule has 0 aromatic carbocycles. The van der Waals surface area contributed by atoms with Crippen LogP contribution in [-0.4, -0.2) is 37.0 Å². The average molecular weight is 326 g/mol. The molecule has 0 fully saturated rings. The molecule has 0 aromatic heterocycles. The van der Waals surface area contributed by atoms with Crippen LogP contribution in [0.15, 0.2) is 0 Å². The Hall–Kier alpha value is -0.0700. The predicted molar refractivity (Wildman–Crippen MR) is 83.7 cm³/mol. The van der Waals surface area contributed by atoms with Gasteiger partial charge in [-0.1, -0.05) is 18.3 Å². The third-order valence-corrected chi connectivity index (χ3v) is 6.79. The molecule has 3 atom stereocenters. The fourth-order valence-electron chi connectivity index (χ4n) is 1.36. The lowest BCUT2D eigenvalue weighted by atomic mass is 10.1. The minimum Gasteiger partial charge on any atom is -0.463 e. The Morgan fingerprint density at radius 1 is 1.35 bits per heavy atom. The maximum atomic E-state index is 12.6. The SMILES string of the molecule is CCOP(=O)(NC(C)[C@@H](C)C(=O)OC(C)C)SCCN. The van der Waals surface area contributed by atoms with Gasteiger partial charge in [-0.05, 0) is 27.7 Å². The van der Waals surface area contributed by atoms with Crippen molar-refractivity contribution in [1.29, 1.82) is 0 Å². The molecule has 2 unspecified atom stereocenters. The van der Waals surface area contributed by atoms with Gasteiger partial charge in [-0.15, -0.1) is 0 Å². The zero-order chi connectivity index (χ0) is 15.8. The Kier molecular flexibility index (Phi) is 9.76. The number of hydrogen-bond donors (Lipinski definition) is 2. The zero-order valence-corrected chi connectivity index (χ0v) is 14.6. The molecule has 0 aliphatic heterocycles. The molecule has 0 saturated heterocycles. The average Bonchev–Trinajstić information content (AvgIpc) is 2.34. The van der Waals surface area contributed by atoms with Crippen LogP contribution < -0.4 is 10.8 Å². The molecule has 0 rings (SSSR count). The monoisotopic (exact) mass is 326 g/mol. The van der Waals surface area contributed by atoms with E-state index in [2.05, 4.69) is 5.09 Å². The second kappa shape index (κ2) is 9.79. The van der Waals surface area contributed by atoms with Crippen LogP contribution in [0.2, 0.25) is 0 Å². The van der Waals surface area contributed by atoms with Crippen LogP contribution in [0.3, 0.4) is 0 Å². The van der Waals surface area contributed by atoms with Crippen molar-refractivity contribution >= 4 is 24.1 Å². The molecule has 0 radical (unpaired) electrons. The van der Waals surface area contributed by atoms with Crippen molar-refractivity contribution in [3.8, 4) is 0 Å². The number of carbonyl (C=O) groups is 1. The summed E-state index contributed by atoms with van der Waals surface area (Å²) in [5.41, 5.74) is 5.43. The van der Waals surface area contributed by atoms with Gasteiger partial charge < -0.3 is 15.0 Å². The van der Waals surface area contributed by atoms with Crippen LogP contribution >= 0.6 is 18.1 Å². The second-order valence-corrected chi connectivity index (χ2v) is 9.12. The van der Waals surface area contributed by atoms with E-state index in [0.717, 1.165) is 11.4 Å². The maximum Gasteiger partial charge on any atom is 0.326 e. The summed E-state index contributed by atoms with van der Waals surface area (Å²) in [6.07, 6.45) is -0.164. The van der Waals surface area contributed by atoms with Crippen molar-refractivity contribution in [1.82, 2.24) is 5.09 Å². The Balaban J connectivity index is 4.61. The second-order valence-electron chi connectivity index (χ2n) is 4.73. The predicted octanol–water partition coefficient (Wildman–Crippen LogP) is 2.39. The van der Waals surface area contributed by atoms with E-state index >= 15 is 0 Å². The zero-order valence-electron chi connectivity index (χ0n) is 12.9. The van der Waals surface area contributed by atoms with Crippen LogP contribution in [0.1, 0.15) is 34.6 Å². The minimum atomic E-state index is -3.04. The molecule has 0 heterocycles. The van der Waals surface area contributed by atoms with E-state index in [0.29, 0.717) is 18.9 Å². The molecule has 0 aliphatic rings. The topological polar surface area (TPSA) is 90.6 Å². The lowest BCUT2D eigenvalue weighted by Crippen LogP contribution is -2.36. The van der Waals surface area contributed by atoms with Gasteiger partial charge in [-0.2, -0.15) is 0 Å². The van der Waals surface area contributed by atoms with Gasteiger partial charge >= 0.3 is 12.7 Å². The number of nitrogens with two attached hydrogens (primary N) is 1. The fraction of sp³-hybridized carbons (Fsp3) is 0.917. The van der Waals surface area contributed by atoms with Crippen LogP contribution in [0, 0.1) is 5.92 Å². The molecular weight excluding hydrogens is 299 g/mol. The summed E-state index contributed by atoms with van der Waals surface area (Å²) in [5, 5.41) is 2.92. The summed E-state index contributed by atoms with van der Waals surface area (Å²) in [5.74, 6) is -0.196. The highest BCUT2D eigenvalue weighted by molar-refractivity contribution is 8.56. The van der Waals surface area contributed by atoms with Crippen LogP contribution in [0.25, 0.3) is 0 Å². The van der Waals surface area contributed by atoms with Crippen molar-refractivity contribution < 1.29 is 18.6 Å². The lowest BCUT2D eigenvalue weighted by molar-refractivity contribution is -0.152. The number of esters is 1. The summed E-state index contributed by atoms with van der Waals surface area (Å²) in [6, 6.07) is -0.316. The molecule has 0 amide bonds. The Morgan fingerprint density at radius 3 is 2.40 bits per heavy atom. The first-order valence-corrected chi connectivity index (χ1v) is 10.0. The Labute approximate surface area is 125 Å². The Morgan fingerprint density at radius 2 is 1.95 bits per heavy atom. The quantitative estimate of drug-likeness (QED) is 0.470. The molecule has 0 bridgehead atoms. The number of rotatable bonds is 10. The molecule has 0 spiro atoms. The number of hydrogen-bond acceptors (Lipinski definition) is 6. The number of carbonyl (C=O) groups excluding carboxylic acids is 1. The molecular formula is C12H27N2O4PS. The first kappa shape index (κ1) is 19.9. The highest BCUT2D eigenvalue weighted by Crippen LogP contribution is 2.56. The highest BCUT2D eigenvalue weighted by atomic mass is 32.7. The molecule has 6 nitrogen and oxygen atoms in total. The van der Waals surface area contributed by atoms with Gasteiger partial charge in [0.2, 0.25) is 0 Å². The van der Waals surface area contributed by atoms with E-state index in [-0.39, 0.29) is 18.1 Å². The first-order chi connectivity index (χ1) is 9.25. The molecule has 120 valence electrons. The van der Waals surface area contributed by atoms with Crippen molar-refractivity contribution in [3.05, 3.63) is 0 Å². The van der Waals surface area contributed by atoms with Gasteiger partial charge in [0.05, 0.1) is 18.6 Å². The first-order valence-electron chi connectivity index (χ1n) is 6.83. The summed E-state index contributed by atoms with van der Waals surface area (Å²) in [7, 11) is 0. The van der Waals surface area contributed by atoms with Gasteiger partial charge in [0.25, 0.3) is 0 Å². The van der Waals surface area contributed by atoms with Crippen LogP contribution in [0.4, 0.5) is 0 Å². The molecule has 20 heavy (non-hydrogen) atoms. The fourth-order valence-corrected chi connectivity index (χ4v) is 5.29. The third kappa shape index (κ3) is 7.64. The lowest BCUT2D eigenvalue weighted by Gasteiger charge is -2.26. The van der Waals surface area contributed by atoms with E-state index in [1.807, 2.05) is 0 Å². The summed E-state index contributed by atoms with van der Waals surface area (Å²) >= 11 is 1.16. The van der Waals surface area contributed by atoms with E-state index in [9.17, 15) is 9.36 Å². The molecule has 3 N–H and O–H groups in total. The molecule has 8 heteroatoms. The summed E-state index contributed by atoms with van der Waals surface area (Å²) < 4.78 is 23.0. The van der Waals surface area contributed by atoms with Crippen molar-refractivity contribution in [2.45, 2.75) is 46.8 Å². The largest absolute Gasteiger partial charge is 0.463 e. The van der Waals surface area contributed by atoms with Gasteiger partial charge in [-0.3, -0.25) is 9.36 Å². The van der Waals surface area contributed by atoms with E-state index in [4.69, 9.17) is 15.0 Å². The standard InChI is InChI=1S/C12H27N2O4PS/c1-6-17-19(16,20-8-7-13)14-11(5)10(4)12(15)18-9(2)3/h9-11H,6-8,13H2,1-5H3,(H,14,16)/t10-,11?,19?/m1/s1. The van der Waals surface area contributed by atoms with Gasteiger partial charge in [0.1, 0.15) is 0 Å². The van der Waals surface area contributed by atoms with Crippen molar-refractivity contribution in [2.24, 2.45) is 11.7 Å². The molecule has 0 saturated carbocycles. The number of nitrogens with one attached hydrogen (secondary N) is 1. The highest BCUT2D eigenvalue weighted by Gasteiger charge is 2.31. The number of ether oxygens (including phenoxy) is 1. The van der Waals surface area contributed by atoms with E-state index in [1.165, 1.54) is 0 Å². The smallest absolute Gasteiger partial charge is 0.326 e. The van der Waals surface area contributed by atoms with E-state index in [1.54, 1.807) is 34.6 Å². The molecule has 0 aliphatic carbocycles. The van der Waals surface area contributed by atoms with E-state index < -0.39 is 12.6 Å². The summed E-state index contributed by atoms with van der Waals surface area (Å²) in [6.45, 7) is 6.62. The molecule has 0 aromatic rings. The minimum absolute atomic E-state index is 0.164. The Bertz CT molecular complexity index is 341. The van der Waals surface area contributed by atoms with Crippen LogP contribution in [0.5, 0.6) is 0 Å². The maximum absolute atomic E-state index is 12.6. The third-order valence-electron chi connectivity index (χ3n) is 2.51.